The minimum Gasteiger partial charge on any atom is -0.208 e. The molecule has 0 saturated heterocycles. The summed E-state index contributed by atoms with van der Waals surface area (Å²) in [5, 5.41) is 0.256. The molecule has 1 fully saturated rings. The number of aromatic nitrogens is 1. The van der Waals surface area contributed by atoms with Gasteiger partial charge < -0.3 is 0 Å². The molecule has 0 spiro atoms. The van der Waals surface area contributed by atoms with E-state index < -0.39 is 17.6 Å². The number of halogens is 3. The first-order chi connectivity index (χ1) is 7.66. The van der Waals surface area contributed by atoms with E-state index in [-0.39, 0.29) is 10.3 Å². The third-order valence-electron chi connectivity index (χ3n) is 2.69. The molecule has 88 valence electrons. The van der Waals surface area contributed by atoms with Crippen molar-refractivity contribution in [1.82, 2.24) is 4.98 Å². The first-order valence-electron chi connectivity index (χ1n) is 5.35. The van der Waals surface area contributed by atoms with Crippen molar-refractivity contribution < 1.29 is 13.2 Å². The van der Waals surface area contributed by atoms with Crippen LogP contribution in [0.3, 0.4) is 0 Å². The molecule has 0 radical (unpaired) electrons. The van der Waals surface area contributed by atoms with Crippen molar-refractivity contribution >= 4 is 11.8 Å². The fraction of sp³-hybridized carbons (Fsp3) is 0.545. The maximum atomic E-state index is 13.3. The molecule has 0 bridgehead atoms. The lowest BCUT2D eigenvalue weighted by molar-refractivity contribution is 0.446. The van der Waals surface area contributed by atoms with Gasteiger partial charge in [0.1, 0.15) is 5.03 Å². The lowest BCUT2D eigenvalue weighted by atomic mass is 10.0. The molecule has 1 heterocycles. The van der Waals surface area contributed by atoms with Gasteiger partial charge in [-0.3, -0.25) is 0 Å². The van der Waals surface area contributed by atoms with E-state index in [4.69, 9.17) is 0 Å². The van der Waals surface area contributed by atoms with Crippen LogP contribution in [0.25, 0.3) is 0 Å². The van der Waals surface area contributed by atoms with Gasteiger partial charge in [0.05, 0.1) is 0 Å². The Kier molecular flexibility index (Phi) is 3.74. The number of rotatable bonds is 2. The monoisotopic (exact) mass is 247 g/mol. The number of thioether (sulfide) groups is 1. The fourth-order valence-corrected chi connectivity index (χ4v) is 3.04. The third-order valence-corrected chi connectivity index (χ3v) is 4.00. The second-order valence-corrected chi connectivity index (χ2v) is 5.21. The molecule has 1 aliphatic carbocycles. The molecule has 5 heteroatoms. The highest BCUT2D eigenvalue weighted by atomic mass is 32.2. The molecule has 2 rings (SSSR count). The van der Waals surface area contributed by atoms with Crippen LogP contribution in [0.1, 0.15) is 32.1 Å². The number of pyridine rings is 1. The summed E-state index contributed by atoms with van der Waals surface area (Å²) in [7, 11) is 0. The highest BCUT2D eigenvalue weighted by molar-refractivity contribution is 7.99. The standard InChI is InChI=1S/C11H12F3NS/c12-8-6-9(13)11(15-10(8)14)16-7-4-2-1-3-5-7/h6-7H,1-5H2. The Labute approximate surface area is 96.5 Å². The maximum Gasteiger partial charge on any atom is 0.250 e. The molecule has 1 saturated carbocycles. The van der Waals surface area contributed by atoms with E-state index in [9.17, 15) is 13.2 Å². The van der Waals surface area contributed by atoms with Gasteiger partial charge in [-0.25, -0.2) is 13.8 Å². The average Bonchev–Trinajstić information content (AvgIpc) is 2.27. The molecule has 0 aromatic carbocycles. The fourth-order valence-electron chi connectivity index (χ4n) is 1.85. The Morgan fingerprint density at radius 2 is 1.75 bits per heavy atom. The Hall–Kier alpha value is -0.710. The predicted molar refractivity (Wildman–Crippen MR) is 56.8 cm³/mol. The molecule has 0 N–H and O–H groups in total. The second kappa shape index (κ2) is 5.08. The van der Waals surface area contributed by atoms with E-state index in [0.717, 1.165) is 25.7 Å². The van der Waals surface area contributed by atoms with E-state index in [1.165, 1.54) is 18.2 Å². The van der Waals surface area contributed by atoms with Crippen molar-refractivity contribution in [2.45, 2.75) is 42.4 Å². The van der Waals surface area contributed by atoms with Crippen LogP contribution in [-0.4, -0.2) is 10.2 Å². The van der Waals surface area contributed by atoms with Gasteiger partial charge in [-0.15, -0.1) is 0 Å². The Morgan fingerprint density at radius 1 is 1.06 bits per heavy atom. The molecule has 1 aromatic rings. The second-order valence-electron chi connectivity index (χ2n) is 3.93. The number of hydrogen-bond acceptors (Lipinski definition) is 2. The van der Waals surface area contributed by atoms with Gasteiger partial charge in [0, 0.05) is 11.3 Å². The van der Waals surface area contributed by atoms with Crippen LogP contribution in [0.5, 0.6) is 0 Å². The summed E-state index contributed by atoms with van der Waals surface area (Å²) >= 11 is 1.22. The quantitative estimate of drug-likeness (QED) is 0.734. The van der Waals surface area contributed by atoms with Crippen molar-refractivity contribution in [1.29, 1.82) is 0 Å². The van der Waals surface area contributed by atoms with Crippen LogP contribution in [-0.2, 0) is 0 Å². The van der Waals surface area contributed by atoms with Gasteiger partial charge in [0.2, 0.25) is 5.95 Å². The van der Waals surface area contributed by atoms with Crippen LogP contribution in [0.2, 0.25) is 0 Å². The van der Waals surface area contributed by atoms with Gasteiger partial charge in [0.25, 0.3) is 0 Å². The molecule has 1 aromatic heterocycles. The van der Waals surface area contributed by atoms with E-state index >= 15 is 0 Å². The van der Waals surface area contributed by atoms with Crippen LogP contribution in [0, 0.1) is 17.6 Å². The van der Waals surface area contributed by atoms with Gasteiger partial charge in [-0.1, -0.05) is 31.0 Å². The van der Waals surface area contributed by atoms with Crippen molar-refractivity contribution in [3.8, 4) is 0 Å². The molecule has 0 amide bonds. The molecular weight excluding hydrogens is 235 g/mol. The summed E-state index contributed by atoms with van der Waals surface area (Å²) in [4.78, 5) is 3.31. The number of nitrogens with zero attached hydrogens (tertiary/aromatic N) is 1. The highest BCUT2D eigenvalue weighted by Gasteiger charge is 2.19. The zero-order valence-electron chi connectivity index (χ0n) is 8.68. The highest BCUT2D eigenvalue weighted by Crippen LogP contribution is 2.34. The molecule has 0 unspecified atom stereocenters. The summed E-state index contributed by atoms with van der Waals surface area (Å²) in [5.74, 6) is -3.22. The van der Waals surface area contributed by atoms with Crippen molar-refractivity contribution in [2.75, 3.05) is 0 Å². The summed E-state index contributed by atoms with van der Waals surface area (Å²) in [6.07, 6.45) is 5.41. The molecule has 0 aliphatic heterocycles. The predicted octanol–water partition coefficient (Wildman–Crippen LogP) is 3.92. The first kappa shape index (κ1) is 11.8. The molecule has 0 atom stereocenters. The maximum absolute atomic E-state index is 13.3. The zero-order valence-corrected chi connectivity index (χ0v) is 9.50. The summed E-state index contributed by atoms with van der Waals surface area (Å²) in [6.45, 7) is 0. The van der Waals surface area contributed by atoms with Gasteiger partial charge in [0.15, 0.2) is 11.6 Å². The average molecular weight is 247 g/mol. The van der Waals surface area contributed by atoms with Crippen molar-refractivity contribution in [3.63, 3.8) is 0 Å². The smallest absolute Gasteiger partial charge is 0.208 e. The SMILES string of the molecule is Fc1cc(F)c(SC2CCCCC2)nc1F. The summed E-state index contributed by atoms with van der Waals surface area (Å²) < 4.78 is 38.8. The first-order valence-corrected chi connectivity index (χ1v) is 6.23. The molecule has 16 heavy (non-hydrogen) atoms. The Bertz CT molecular complexity index is 378. The van der Waals surface area contributed by atoms with Crippen LogP contribution in [0.4, 0.5) is 13.2 Å². The van der Waals surface area contributed by atoms with Crippen molar-refractivity contribution in [3.05, 3.63) is 23.6 Å². The van der Waals surface area contributed by atoms with Crippen LogP contribution < -0.4 is 0 Å². The van der Waals surface area contributed by atoms with Gasteiger partial charge in [-0.2, -0.15) is 4.39 Å². The van der Waals surface area contributed by atoms with Gasteiger partial charge in [-0.05, 0) is 12.8 Å². The lowest BCUT2D eigenvalue weighted by Crippen LogP contribution is -2.09. The van der Waals surface area contributed by atoms with E-state index in [2.05, 4.69) is 4.98 Å². The third kappa shape index (κ3) is 2.70. The van der Waals surface area contributed by atoms with Gasteiger partial charge >= 0.3 is 0 Å². The Balaban J connectivity index is 2.11. The van der Waals surface area contributed by atoms with E-state index in [0.29, 0.717) is 6.07 Å². The van der Waals surface area contributed by atoms with Crippen molar-refractivity contribution in [2.24, 2.45) is 0 Å². The number of hydrogen-bond donors (Lipinski definition) is 0. The minimum atomic E-state index is -1.23. The summed E-state index contributed by atoms with van der Waals surface area (Å²) in [5.41, 5.74) is 0. The van der Waals surface area contributed by atoms with Crippen LogP contribution >= 0.6 is 11.8 Å². The topological polar surface area (TPSA) is 12.9 Å². The van der Waals surface area contributed by atoms with E-state index in [1.54, 1.807) is 0 Å². The zero-order chi connectivity index (χ0) is 11.5. The molecule has 1 nitrogen and oxygen atoms in total. The molecule has 1 aliphatic rings. The lowest BCUT2D eigenvalue weighted by Gasteiger charge is -2.20. The van der Waals surface area contributed by atoms with E-state index in [1.807, 2.05) is 0 Å². The summed E-state index contributed by atoms with van der Waals surface area (Å²) in [6, 6.07) is 0.563. The van der Waals surface area contributed by atoms with Crippen LogP contribution in [0.15, 0.2) is 11.1 Å². The normalized spacial score (nSPS) is 17.7. The Morgan fingerprint density at radius 3 is 2.44 bits per heavy atom. The molecular formula is C11H12F3NS. The largest absolute Gasteiger partial charge is 0.250 e. The minimum absolute atomic E-state index is 0.0224.